The van der Waals surface area contributed by atoms with Crippen molar-refractivity contribution in [2.24, 2.45) is 27.2 Å². The third-order valence-corrected chi connectivity index (χ3v) is 14.1. The van der Waals surface area contributed by atoms with Crippen LogP contribution in [0.1, 0.15) is 83.4 Å². The topological polar surface area (TPSA) is 172 Å². The SMILES string of the molecule is CCn1c(-c2cnccc2COC)c2c3cc(ccc31)-c1cccc(c1)C[C@H](NC(=O)[C@H](C(C)C)N(C)C(=O)[C@@H]1CC[C@@H](N=C=Nc3ccc(OC)cc3)C1)C(=O)N1CCC[C@H](N1)[N+](=O)OCC(C)(C)C2. The van der Waals surface area contributed by atoms with Crippen molar-refractivity contribution in [3.63, 3.8) is 0 Å². The molecule has 1 aliphatic carbocycles. The van der Waals surface area contributed by atoms with Gasteiger partial charge in [0.15, 0.2) is 6.61 Å². The molecule has 0 spiro atoms. The van der Waals surface area contributed by atoms with Gasteiger partial charge in [-0.25, -0.2) is 9.83 Å². The summed E-state index contributed by atoms with van der Waals surface area (Å²) in [5, 5.41) is 5.62. The number of rotatable bonds is 12. The fourth-order valence-electron chi connectivity index (χ4n) is 10.5. The van der Waals surface area contributed by atoms with E-state index in [1.54, 1.807) is 27.5 Å². The van der Waals surface area contributed by atoms with Crippen molar-refractivity contribution in [3.05, 3.63) is 107 Å². The van der Waals surface area contributed by atoms with Crippen LogP contribution in [0, 0.1) is 22.2 Å². The molecule has 6 bridgehead atoms. The molecular weight excluding hydrogens is 899 g/mol. The molecule has 3 aromatic carbocycles. The Morgan fingerprint density at radius 1 is 1.06 bits per heavy atom. The highest BCUT2D eigenvalue weighted by Crippen LogP contribution is 2.41. The second-order valence-corrected chi connectivity index (χ2v) is 20.3. The Morgan fingerprint density at radius 2 is 1.85 bits per heavy atom. The number of nitrogens with zero attached hydrogens (tertiary/aromatic N) is 7. The monoisotopic (exact) mass is 967 g/mol. The quantitative estimate of drug-likeness (QED) is 0.116. The highest BCUT2D eigenvalue weighted by molar-refractivity contribution is 5.96. The van der Waals surface area contributed by atoms with Crippen LogP contribution in [-0.2, 0) is 50.0 Å². The molecule has 4 heterocycles. The zero-order valence-corrected chi connectivity index (χ0v) is 42.3. The summed E-state index contributed by atoms with van der Waals surface area (Å²) >= 11 is 0. The lowest BCUT2D eigenvalue weighted by molar-refractivity contribution is -0.835. The Balaban J connectivity index is 1.10. The summed E-state index contributed by atoms with van der Waals surface area (Å²) < 4.78 is 13.2. The Labute approximate surface area is 416 Å². The van der Waals surface area contributed by atoms with E-state index < -0.39 is 35.5 Å². The Morgan fingerprint density at radius 3 is 2.59 bits per heavy atom. The average molecular weight is 967 g/mol. The van der Waals surface area contributed by atoms with Gasteiger partial charge in [0, 0.05) is 80.3 Å². The lowest BCUT2D eigenvalue weighted by atomic mass is 9.84. The molecule has 3 aliphatic rings. The number of ether oxygens (including phenoxy) is 2. The van der Waals surface area contributed by atoms with Crippen LogP contribution >= 0.6 is 0 Å². The smallest absolute Gasteiger partial charge is 0.326 e. The van der Waals surface area contributed by atoms with E-state index in [0.29, 0.717) is 68.8 Å². The van der Waals surface area contributed by atoms with Gasteiger partial charge in [-0.15, -0.1) is 0 Å². The van der Waals surface area contributed by atoms with Crippen LogP contribution in [0.2, 0.25) is 0 Å². The van der Waals surface area contributed by atoms with Crippen molar-refractivity contribution in [2.45, 2.75) is 117 Å². The third kappa shape index (κ3) is 11.4. The molecule has 3 amide bonds. The van der Waals surface area contributed by atoms with Crippen molar-refractivity contribution in [3.8, 4) is 28.1 Å². The first kappa shape index (κ1) is 50.6. The molecule has 16 nitrogen and oxygen atoms in total. The number of aromatic nitrogens is 2. The van der Waals surface area contributed by atoms with E-state index in [-0.39, 0.29) is 36.8 Å². The van der Waals surface area contributed by atoms with Gasteiger partial charge in [0.25, 0.3) is 5.91 Å². The van der Waals surface area contributed by atoms with E-state index in [2.05, 4.69) is 87.4 Å². The second kappa shape index (κ2) is 22.1. The molecule has 1 saturated heterocycles. The maximum absolute atomic E-state index is 14.8. The van der Waals surface area contributed by atoms with E-state index in [0.717, 1.165) is 55.7 Å². The number of likely N-dealkylation sites (N-methyl/N-ethyl adjacent to an activating group) is 1. The molecule has 16 heteroatoms. The number of amides is 3. The number of carbonyl (C=O) groups is 3. The van der Waals surface area contributed by atoms with E-state index in [1.165, 1.54) is 9.91 Å². The molecule has 374 valence electrons. The van der Waals surface area contributed by atoms with Gasteiger partial charge < -0.3 is 24.3 Å². The number of pyridine rings is 1. The predicted octanol–water partition coefficient (Wildman–Crippen LogP) is 8.48. The number of methoxy groups -OCH3 is 2. The molecule has 2 aromatic heterocycles. The van der Waals surface area contributed by atoms with Gasteiger partial charge in [-0.1, -0.05) is 58.0 Å². The van der Waals surface area contributed by atoms with Crippen LogP contribution in [0.15, 0.2) is 95.2 Å². The number of nitrogens with one attached hydrogen (secondary N) is 2. The Hall–Kier alpha value is -6.74. The van der Waals surface area contributed by atoms with E-state index in [1.807, 2.05) is 62.5 Å². The minimum Gasteiger partial charge on any atom is -0.497 e. The van der Waals surface area contributed by atoms with E-state index in [9.17, 15) is 19.3 Å². The number of benzene rings is 3. The Bertz CT molecular complexity index is 2820. The maximum Gasteiger partial charge on any atom is 0.326 e. The number of aryl methyl sites for hydroxylation is 1. The predicted molar refractivity (Wildman–Crippen MR) is 273 cm³/mol. The van der Waals surface area contributed by atoms with Crippen LogP contribution < -0.4 is 15.5 Å². The zero-order valence-electron chi connectivity index (χ0n) is 42.3. The van der Waals surface area contributed by atoms with Crippen molar-refractivity contribution in [1.82, 2.24) is 30.2 Å². The molecule has 2 fully saturated rings. The van der Waals surface area contributed by atoms with Crippen LogP contribution in [0.4, 0.5) is 5.69 Å². The van der Waals surface area contributed by atoms with Gasteiger partial charge in [0.05, 0.1) is 42.1 Å². The highest BCUT2D eigenvalue weighted by Gasteiger charge is 2.42. The van der Waals surface area contributed by atoms with Gasteiger partial charge in [-0.05, 0) is 115 Å². The molecule has 2 N–H and O–H groups in total. The first-order valence-electron chi connectivity index (χ1n) is 24.9. The summed E-state index contributed by atoms with van der Waals surface area (Å²) in [5.74, 6) is -0.871. The van der Waals surface area contributed by atoms with Crippen LogP contribution in [0.5, 0.6) is 5.75 Å². The van der Waals surface area contributed by atoms with E-state index >= 15 is 0 Å². The largest absolute Gasteiger partial charge is 0.497 e. The van der Waals surface area contributed by atoms with Crippen molar-refractivity contribution in [1.29, 1.82) is 0 Å². The van der Waals surface area contributed by atoms with Gasteiger partial charge in [0.1, 0.15) is 17.8 Å². The van der Waals surface area contributed by atoms with Gasteiger partial charge >= 0.3 is 6.17 Å². The number of fused-ring (bicyclic) bond motifs is 6. The summed E-state index contributed by atoms with van der Waals surface area (Å²) in [7, 11) is 4.97. The third-order valence-electron chi connectivity index (χ3n) is 14.1. The summed E-state index contributed by atoms with van der Waals surface area (Å²) in [4.78, 5) is 79.1. The number of hydrogen-bond acceptors (Lipinski definition) is 11. The first-order chi connectivity index (χ1) is 34.2. The minimum atomic E-state index is -1.04. The standard InChI is InChI=1S/C55H67N9O7/c1-9-62-48-22-16-38-29-44(48)45(51(62)46-31-56-24-23-40(46)32-69-7)30-55(4,5)33-71-64(68)49-14-11-25-63(60-49)54(67)47(27-36-12-10-13-37(38)26-36)59-52(65)50(35(2)3)61(6)53(66)39-15-17-42(28-39)58-34-57-41-18-20-43(70-8)21-19-41/h10,12-13,16,18-24,26,29,31,35,39,42,47,49-50,60H,9,11,14-15,17,25,27-28,30,32-33H2,1-8H3/p+1/t39-,42-,47+,49-,50+/m1/s1. The van der Waals surface area contributed by atoms with Gasteiger partial charge in [-0.3, -0.25) is 24.4 Å². The molecule has 5 atom stereocenters. The number of carbonyl (C=O) groups excluding carboxylic acids is 3. The molecule has 0 radical (unpaired) electrons. The fourth-order valence-corrected chi connectivity index (χ4v) is 10.5. The van der Waals surface area contributed by atoms with Crippen LogP contribution in [0.3, 0.4) is 0 Å². The second-order valence-electron chi connectivity index (χ2n) is 20.3. The van der Waals surface area contributed by atoms with Crippen LogP contribution in [0.25, 0.3) is 33.3 Å². The summed E-state index contributed by atoms with van der Waals surface area (Å²) in [6.07, 6.45) is 6.38. The van der Waals surface area contributed by atoms with Crippen molar-refractivity contribution >= 4 is 40.3 Å². The normalized spacial score (nSPS) is 20.7. The molecule has 2 aliphatic heterocycles. The summed E-state index contributed by atoms with van der Waals surface area (Å²) in [6.45, 7) is 11.7. The first-order valence-corrected chi connectivity index (χ1v) is 24.9. The lowest BCUT2D eigenvalue weighted by Gasteiger charge is -2.35. The number of hydrogen-bond donors (Lipinski definition) is 2. The molecule has 8 rings (SSSR count). The minimum absolute atomic E-state index is 0.107. The fraction of sp³-hybridized carbons (Fsp3) is 0.473. The Kier molecular flexibility index (Phi) is 15.8. The summed E-state index contributed by atoms with van der Waals surface area (Å²) in [5.41, 5.74) is 11.3. The maximum atomic E-state index is 14.8. The number of hydrazine groups is 1. The zero-order chi connectivity index (χ0) is 50.4. The molecule has 1 saturated carbocycles. The average Bonchev–Trinajstić information content (AvgIpc) is 3.97. The summed E-state index contributed by atoms with van der Waals surface area (Å²) in [6, 6.07) is 24.6. The van der Waals surface area contributed by atoms with Crippen molar-refractivity contribution in [2.75, 3.05) is 34.4 Å². The van der Waals surface area contributed by atoms with Gasteiger partial charge in [0.2, 0.25) is 16.7 Å². The van der Waals surface area contributed by atoms with Crippen LogP contribution in [-0.4, -0.2) is 107 Å². The molecule has 0 unspecified atom stereocenters. The lowest BCUT2D eigenvalue weighted by Crippen LogP contribution is -2.62. The van der Waals surface area contributed by atoms with Crippen molar-refractivity contribution < 1.29 is 33.6 Å². The van der Waals surface area contributed by atoms with E-state index in [4.69, 9.17) is 14.3 Å². The molecule has 5 aromatic rings. The molecule has 71 heavy (non-hydrogen) atoms. The highest BCUT2D eigenvalue weighted by atomic mass is 16.8. The van der Waals surface area contributed by atoms with Gasteiger partial charge in [-0.2, -0.15) is 10.4 Å². The number of aliphatic imine (C=N–C) groups is 2. The molecular formula is C55H68N9O7+.